The first-order valence-corrected chi connectivity index (χ1v) is 5.01. The Balaban J connectivity index is 2.10. The average molecular weight is 247 g/mol. The fourth-order valence-corrected chi connectivity index (χ4v) is 1.33. The van der Waals surface area contributed by atoms with E-state index in [9.17, 15) is 9.59 Å². The molecule has 0 unspecified atom stereocenters. The van der Waals surface area contributed by atoms with Crippen molar-refractivity contribution in [1.82, 2.24) is 15.4 Å². The number of hydroxylamine groups is 1. The van der Waals surface area contributed by atoms with E-state index < -0.39 is 18.5 Å². The normalized spacial score (nSPS) is 10.2. The number of rotatable bonds is 4. The molecule has 7 nitrogen and oxygen atoms in total. The van der Waals surface area contributed by atoms with E-state index in [4.69, 9.17) is 5.11 Å². The van der Waals surface area contributed by atoms with Crippen molar-refractivity contribution in [3.8, 4) is 0 Å². The Morgan fingerprint density at radius 3 is 2.67 bits per heavy atom. The molecule has 1 aromatic heterocycles. The predicted octanol–water partition coefficient (Wildman–Crippen LogP) is 0.376. The number of carboxylic acid groups (broad SMARTS) is 1. The number of nitrogens with zero attached hydrogens (tertiary/aromatic N) is 2. The number of aromatic nitrogens is 2. The Kier molecular flexibility index (Phi) is 3.44. The zero-order valence-corrected chi connectivity index (χ0v) is 9.16. The molecular weight excluding hydrogens is 238 g/mol. The molecule has 92 valence electrons. The summed E-state index contributed by atoms with van der Waals surface area (Å²) < 4.78 is 0. The number of nitrogens with one attached hydrogen (secondary N) is 1. The van der Waals surface area contributed by atoms with E-state index in [-0.39, 0.29) is 0 Å². The van der Waals surface area contributed by atoms with Crippen molar-refractivity contribution in [3.05, 3.63) is 36.2 Å². The number of hydrogen-bond donors (Lipinski definition) is 2. The minimum atomic E-state index is -1.17. The highest BCUT2D eigenvalue weighted by molar-refractivity contribution is 5.96. The quantitative estimate of drug-likeness (QED) is 0.757. The third-order valence-electron chi connectivity index (χ3n) is 2.09. The first-order chi connectivity index (χ1) is 8.66. The summed E-state index contributed by atoms with van der Waals surface area (Å²) in [5.74, 6) is -1.71. The van der Waals surface area contributed by atoms with Crippen molar-refractivity contribution in [3.63, 3.8) is 0 Å². The van der Waals surface area contributed by atoms with E-state index in [1.54, 1.807) is 24.4 Å². The Hall–Kier alpha value is -2.54. The third-order valence-corrected chi connectivity index (χ3v) is 2.09. The molecule has 0 saturated carbocycles. The van der Waals surface area contributed by atoms with Gasteiger partial charge in [-0.05, 0) is 18.2 Å². The first kappa shape index (κ1) is 11.9. The number of carbonyl (C=O) groups excluding carboxylic acids is 1. The highest BCUT2D eigenvalue weighted by Gasteiger charge is 2.08. The van der Waals surface area contributed by atoms with Gasteiger partial charge in [-0.1, -0.05) is 0 Å². The lowest BCUT2D eigenvalue weighted by Gasteiger charge is -2.04. The Morgan fingerprint density at radius 1 is 1.22 bits per heavy atom. The van der Waals surface area contributed by atoms with Crippen LogP contribution >= 0.6 is 0 Å². The summed E-state index contributed by atoms with van der Waals surface area (Å²) in [4.78, 5) is 34.4. The molecule has 0 atom stereocenters. The van der Waals surface area contributed by atoms with Gasteiger partial charge >= 0.3 is 5.97 Å². The molecule has 0 saturated heterocycles. The molecule has 0 aliphatic carbocycles. The lowest BCUT2D eigenvalue weighted by molar-refractivity contribution is -0.144. The molecule has 2 N–H and O–H groups in total. The van der Waals surface area contributed by atoms with E-state index in [2.05, 4.69) is 14.8 Å². The average Bonchev–Trinajstić information content (AvgIpc) is 2.37. The first-order valence-electron chi connectivity index (χ1n) is 5.01. The van der Waals surface area contributed by atoms with E-state index in [1.165, 1.54) is 6.20 Å². The highest BCUT2D eigenvalue weighted by Crippen LogP contribution is 2.10. The summed E-state index contributed by atoms with van der Waals surface area (Å²) in [5, 5.41) is 8.34. The maximum atomic E-state index is 11.6. The molecule has 1 amide bonds. The second kappa shape index (κ2) is 5.19. The van der Waals surface area contributed by atoms with Crippen molar-refractivity contribution >= 4 is 22.9 Å². The molecule has 1 heterocycles. The van der Waals surface area contributed by atoms with Gasteiger partial charge in [0.25, 0.3) is 5.91 Å². The molecule has 0 radical (unpaired) electrons. The number of hydrogen-bond acceptors (Lipinski definition) is 5. The molecule has 0 spiro atoms. The second-order valence-corrected chi connectivity index (χ2v) is 3.37. The lowest BCUT2D eigenvalue weighted by Crippen LogP contribution is -2.26. The molecule has 2 rings (SSSR count). The van der Waals surface area contributed by atoms with Crippen LogP contribution in [0.2, 0.25) is 0 Å². The lowest BCUT2D eigenvalue weighted by atomic mass is 10.2. The number of aliphatic carboxylic acids is 1. The van der Waals surface area contributed by atoms with Crippen molar-refractivity contribution < 1.29 is 19.5 Å². The van der Waals surface area contributed by atoms with Gasteiger partial charge in [0.15, 0.2) is 6.61 Å². The van der Waals surface area contributed by atoms with E-state index in [0.29, 0.717) is 16.6 Å². The van der Waals surface area contributed by atoms with E-state index in [1.807, 2.05) is 5.48 Å². The van der Waals surface area contributed by atoms with Gasteiger partial charge in [0.2, 0.25) is 0 Å². The summed E-state index contributed by atoms with van der Waals surface area (Å²) in [6.07, 6.45) is 3.07. The van der Waals surface area contributed by atoms with Crippen LogP contribution in [0, 0.1) is 0 Å². The fraction of sp³-hybridized carbons (Fsp3) is 0.0909. The summed E-state index contributed by atoms with van der Waals surface area (Å²) in [6, 6.07) is 4.74. The molecule has 2 aromatic rings. The minimum Gasteiger partial charge on any atom is -0.479 e. The van der Waals surface area contributed by atoms with Crippen LogP contribution in [0.1, 0.15) is 10.4 Å². The van der Waals surface area contributed by atoms with Gasteiger partial charge < -0.3 is 5.11 Å². The van der Waals surface area contributed by atoms with Crippen LogP contribution in [0.5, 0.6) is 0 Å². The molecule has 0 bridgehead atoms. The summed E-state index contributed by atoms with van der Waals surface area (Å²) in [6.45, 7) is -0.598. The maximum absolute atomic E-state index is 11.6. The monoisotopic (exact) mass is 247 g/mol. The molecule has 0 aliphatic rings. The Bertz CT molecular complexity index is 600. The summed E-state index contributed by atoms with van der Waals surface area (Å²) in [7, 11) is 0. The van der Waals surface area contributed by atoms with E-state index >= 15 is 0 Å². The van der Waals surface area contributed by atoms with Crippen LogP contribution in [0.25, 0.3) is 11.0 Å². The van der Waals surface area contributed by atoms with Crippen molar-refractivity contribution in [2.45, 2.75) is 0 Å². The molecular formula is C11H9N3O4. The fourth-order valence-electron chi connectivity index (χ4n) is 1.33. The van der Waals surface area contributed by atoms with Gasteiger partial charge in [-0.15, -0.1) is 0 Å². The number of carboxylic acids is 1. The summed E-state index contributed by atoms with van der Waals surface area (Å²) in [5.41, 5.74) is 3.58. The van der Waals surface area contributed by atoms with Gasteiger partial charge in [0.1, 0.15) is 0 Å². The van der Waals surface area contributed by atoms with Crippen LogP contribution in [-0.4, -0.2) is 33.6 Å². The zero-order valence-electron chi connectivity index (χ0n) is 9.16. The van der Waals surface area contributed by atoms with Crippen LogP contribution < -0.4 is 5.48 Å². The van der Waals surface area contributed by atoms with Crippen LogP contribution in [0.3, 0.4) is 0 Å². The van der Waals surface area contributed by atoms with Crippen LogP contribution in [-0.2, 0) is 9.63 Å². The molecule has 18 heavy (non-hydrogen) atoms. The summed E-state index contributed by atoms with van der Waals surface area (Å²) >= 11 is 0. The molecule has 7 heteroatoms. The van der Waals surface area contributed by atoms with Gasteiger partial charge in [-0.2, -0.15) is 0 Å². The Morgan fingerprint density at radius 2 is 1.94 bits per heavy atom. The highest BCUT2D eigenvalue weighted by atomic mass is 16.7. The van der Waals surface area contributed by atoms with Gasteiger partial charge in [0, 0.05) is 18.0 Å². The number of benzene rings is 1. The van der Waals surface area contributed by atoms with Crippen molar-refractivity contribution in [2.24, 2.45) is 0 Å². The van der Waals surface area contributed by atoms with Gasteiger partial charge in [-0.3, -0.25) is 19.6 Å². The number of amides is 1. The predicted molar refractivity (Wildman–Crippen MR) is 60.6 cm³/mol. The standard InChI is InChI=1S/C11H9N3O4/c15-10(16)6-18-14-11(17)7-1-2-8-9(5-7)13-4-3-12-8/h1-5H,6H2,(H,14,17)(H,15,16). The topological polar surface area (TPSA) is 101 Å². The van der Waals surface area contributed by atoms with Gasteiger partial charge in [-0.25, -0.2) is 10.3 Å². The minimum absolute atomic E-state index is 0.313. The van der Waals surface area contributed by atoms with E-state index in [0.717, 1.165) is 0 Å². The number of carbonyl (C=O) groups is 2. The zero-order chi connectivity index (χ0) is 13.0. The van der Waals surface area contributed by atoms with Crippen LogP contribution in [0.15, 0.2) is 30.6 Å². The molecule has 0 fully saturated rings. The third kappa shape index (κ3) is 2.77. The molecule has 1 aromatic carbocycles. The maximum Gasteiger partial charge on any atom is 0.332 e. The van der Waals surface area contributed by atoms with Crippen molar-refractivity contribution in [2.75, 3.05) is 6.61 Å². The second-order valence-electron chi connectivity index (χ2n) is 3.37. The number of fused-ring (bicyclic) bond motifs is 1. The molecule has 0 aliphatic heterocycles. The smallest absolute Gasteiger partial charge is 0.332 e. The van der Waals surface area contributed by atoms with Gasteiger partial charge in [0.05, 0.1) is 11.0 Å². The Labute approximate surface area is 101 Å². The largest absolute Gasteiger partial charge is 0.479 e. The van der Waals surface area contributed by atoms with Crippen LogP contribution in [0.4, 0.5) is 0 Å². The SMILES string of the molecule is O=C(O)CONC(=O)c1ccc2nccnc2c1. The van der Waals surface area contributed by atoms with Crippen molar-refractivity contribution in [1.29, 1.82) is 0 Å².